The number of carbonyl (C=O) groups excluding carboxylic acids is 1. The summed E-state index contributed by atoms with van der Waals surface area (Å²) in [4.78, 5) is 15.7. The Hall–Kier alpha value is -2.05. The summed E-state index contributed by atoms with van der Waals surface area (Å²) in [6.45, 7) is 2.72. The molecule has 1 aromatic carbocycles. The Morgan fingerprint density at radius 1 is 1.26 bits per heavy atom. The topological polar surface area (TPSA) is 50.8 Å². The van der Waals surface area contributed by atoms with E-state index in [1.807, 2.05) is 12.1 Å². The van der Waals surface area contributed by atoms with Gasteiger partial charge < -0.3 is 19.7 Å². The van der Waals surface area contributed by atoms with E-state index < -0.39 is 0 Å². The number of piperidine rings is 1. The van der Waals surface area contributed by atoms with Crippen LogP contribution in [0.2, 0.25) is 0 Å². The molecule has 1 unspecified atom stereocenters. The third-order valence-electron chi connectivity index (χ3n) is 5.95. The molecule has 1 aromatic heterocycles. The number of amides is 1. The Labute approximate surface area is 164 Å². The zero-order valence-electron chi connectivity index (χ0n) is 15.9. The molecule has 1 atom stereocenters. The second kappa shape index (κ2) is 7.52. The van der Waals surface area contributed by atoms with Crippen LogP contribution in [0.4, 0.5) is 0 Å². The number of hydrogen-bond acceptors (Lipinski definition) is 5. The lowest BCUT2D eigenvalue weighted by molar-refractivity contribution is 0.0688. The van der Waals surface area contributed by atoms with Crippen LogP contribution in [-0.2, 0) is 6.54 Å². The third kappa shape index (κ3) is 3.56. The summed E-state index contributed by atoms with van der Waals surface area (Å²) in [6, 6.07) is 7.82. The fourth-order valence-corrected chi connectivity index (χ4v) is 4.93. The van der Waals surface area contributed by atoms with Gasteiger partial charge in [-0.1, -0.05) is 0 Å². The molecular weight excluding hydrogens is 360 g/mol. The molecule has 1 aliphatic heterocycles. The van der Waals surface area contributed by atoms with Crippen molar-refractivity contribution in [3.8, 4) is 11.5 Å². The van der Waals surface area contributed by atoms with Crippen LogP contribution in [0.15, 0.2) is 35.0 Å². The molecule has 1 saturated heterocycles. The first-order valence-corrected chi connectivity index (χ1v) is 10.4. The van der Waals surface area contributed by atoms with Gasteiger partial charge >= 0.3 is 0 Å². The van der Waals surface area contributed by atoms with Crippen LogP contribution in [0.1, 0.15) is 35.2 Å². The first-order chi connectivity index (χ1) is 13.2. The van der Waals surface area contributed by atoms with Gasteiger partial charge in [0.15, 0.2) is 0 Å². The molecule has 5 nitrogen and oxygen atoms in total. The summed E-state index contributed by atoms with van der Waals surface area (Å²) in [5, 5.41) is 7.63. The monoisotopic (exact) mass is 386 g/mol. The first kappa shape index (κ1) is 18.3. The maximum atomic E-state index is 13.6. The number of nitrogens with one attached hydrogen (secondary N) is 1. The van der Waals surface area contributed by atoms with Gasteiger partial charge in [0.05, 0.1) is 19.8 Å². The van der Waals surface area contributed by atoms with Gasteiger partial charge in [-0.05, 0) is 78.4 Å². The number of ether oxygens (including phenoxy) is 2. The summed E-state index contributed by atoms with van der Waals surface area (Å²) in [5.41, 5.74) is 2.04. The number of thiophene rings is 1. The smallest absolute Gasteiger partial charge is 0.258 e. The second-order valence-electron chi connectivity index (χ2n) is 7.46. The Kier molecular flexibility index (Phi) is 5.10. The standard InChI is InChI=1S/C21H26N2O3S/c1-25-16-3-4-18(26-2)17(11-16)20(24)23(13-15-5-10-27-14-15)19-12-21(19)6-8-22-9-7-21/h3-5,10-11,14,19,22H,6-9,12-13H2,1-2H3. The van der Waals surface area contributed by atoms with Crippen LogP contribution in [0.25, 0.3) is 0 Å². The van der Waals surface area contributed by atoms with Gasteiger partial charge in [-0.3, -0.25) is 4.79 Å². The molecule has 6 heteroatoms. The van der Waals surface area contributed by atoms with Crippen LogP contribution in [0, 0.1) is 5.41 Å². The van der Waals surface area contributed by atoms with Crippen molar-refractivity contribution in [1.29, 1.82) is 0 Å². The van der Waals surface area contributed by atoms with Crippen LogP contribution in [-0.4, -0.2) is 44.2 Å². The number of rotatable bonds is 6. The minimum absolute atomic E-state index is 0.0253. The average molecular weight is 387 g/mol. The highest BCUT2D eigenvalue weighted by Gasteiger charge is 2.57. The van der Waals surface area contributed by atoms with E-state index in [1.54, 1.807) is 31.6 Å². The molecule has 1 amide bonds. The largest absolute Gasteiger partial charge is 0.497 e. The Balaban J connectivity index is 1.65. The molecule has 2 fully saturated rings. The van der Waals surface area contributed by atoms with Crippen molar-refractivity contribution in [2.45, 2.75) is 31.8 Å². The number of carbonyl (C=O) groups is 1. The maximum absolute atomic E-state index is 13.6. The van der Waals surface area contributed by atoms with E-state index in [0.29, 0.717) is 29.6 Å². The predicted molar refractivity (Wildman–Crippen MR) is 107 cm³/mol. The van der Waals surface area contributed by atoms with Crippen LogP contribution >= 0.6 is 11.3 Å². The fraction of sp³-hybridized carbons (Fsp3) is 0.476. The highest BCUT2D eigenvalue weighted by molar-refractivity contribution is 7.07. The summed E-state index contributed by atoms with van der Waals surface area (Å²) in [6.07, 6.45) is 3.37. The van der Waals surface area contributed by atoms with Gasteiger partial charge in [0.25, 0.3) is 5.91 Å². The minimum Gasteiger partial charge on any atom is -0.497 e. The zero-order valence-corrected chi connectivity index (χ0v) is 16.7. The van der Waals surface area contributed by atoms with E-state index in [1.165, 1.54) is 5.56 Å². The summed E-state index contributed by atoms with van der Waals surface area (Å²) < 4.78 is 10.8. The van der Waals surface area contributed by atoms with Crippen LogP contribution in [0.3, 0.4) is 0 Å². The van der Waals surface area contributed by atoms with Crippen molar-refractivity contribution in [3.05, 3.63) is 46.2 Å². The molecule has 2 aromatic rings. The van der Waals surface area contributed by atoms with Crippen LogP contribution in [0.5, 0.6) is 11.5 Å². The van der Waals surface area contributed by atoms with Crippen molar-refractivity contribution in [1.82, 2.24) is 10.2 Å². The van der Waals surface area contributed by atoms with Crippen molar-refractivity contribution in [3.63, 3.8) is 0 Å². The van der Waals surface area contributed by atoms with Gasteiger partial charge in [-0.15, -0.1) is 0 Å². The Bertz CT molecular complexity index is 800. The number of hydrogen-bond donors (Lipinski definition) is 1. The van der Waals surface area contributed by atoms with E-state index in [2.05, 4.69) is 27.0 Å². The Morgan fingerprint density at radius 2 is 2.07 bits per heavy atom. The molecule has 2 heterocycles. The second-order valence-corrected chi connectivity index (χ2v) is 8.24. The number of nitrogens with zero attached hydrogens (tertiary/aromatic N) is 1. The molecule has 1 aliphatic carbocycles. The van der Waals surface area contributed by atoms with E-state index in [-0.39, 0.29) is 11.3 Å². The van der Waals surface area contributed by atoms with Gasteiger partial charge in [-0.25, -0.2) is 0 Å². The molecule has 0 bridgehead atoms. The van der Waals surface area contributed by atoms with Crippen LogP contribution < -0.4 is 14.8 Å². The van der Waals surface area contributed by atoms with E-state index in [4.69, 9.17) is 9.47 Å². The number of methoxy groups -OCH3 is 2. The summed E-state index contributed by atoms with van der Waals surface area (Å²) in [7, 11) is 3.22. The van der Waals surface area contributed by atoms with Gasteiger partial charge in [-0.2, -0.15) is 11.3 Å². The van der Waals surface area contributed by atoms with Gasteiger partial charge in [0, 0.05) is 12.6 Å². The van der Waals surface area contributed by atoms with Gasteiger partial charge in [0.1, 0.15) is 11.5 Å². The quantitative estimate of drug-likeness (QED) is 0.825. The molecule has 4 rings (SSSR count). The van der Waals surface area contributed by atoms with Crippen molar-refractivity contribution >= 4 is 17.2 Å². The SMILES string of the molecule is COc1ccc(OC)c(C(=O)N(Cc2ccsc2)C2CC23CCNCC3)c1. The maximum Gasteiger partial charge on any atom is 0.258 e. The number of benzene rings is 1. The lowest BCUT2D eigenvalue weighted by Gasteiger charge is -2.30. The summed E-state index contributed by atoms with van der Waals surface area (Å²) >= 11 is 1.67. The fourth-order valence-electron chi connectivity index (χ4n) is 4.27. The van der Waals surface area contributed by atoms with E-state index in [0.717, 1.165) is 32.4 Å². The predicted octanol–water partition coefficient (Wildman–Crippen LogP) is 3.55. The molecule has 0 radical (unpaired) electrons. The van der Waals surface area contributed by atoms with E-state index in [9.17, 15) is 4.79 Å². The highest BCUT2D eigenvalue weighted by Crippen LogP contribution is 2.56. The zero-order chi connectivity index (χ0) is 18.9. The highest BCUT2D eigenvalue weighted by atomic mass is 32.1. The molecule has 144 valence electrons. The molecular formula is C21H26N2O3S. The first-order valence-electron chi connectivity index (χ1n) is 9.42. The molecule has 1 N–H and O–H groups in total. The molecule has 2 aliphatic rings. The average Bonchev–Trinajstić information content (AvgIpc) is 3.14. The van der Waals surface area contributed by atoms with E-state index >= 15 is 0 Å². The van der Waals surface area contributed by atoms with Crippen molar-refractivity contribution < 1.29 is 14.3 Å². The van der Waals surface area contributed by atoms with Gasteiger partial charge in [0.2, 0.25) is 0 Å². The normalized spacial score (nSPS) is 20.3. The molecule has 1 spiro atoms. The Morgan fingerprint density at radius 3 is 2.74 bits per heavy atom. The molecule has 1 saturated carbocycles. The molecule has 27 heavy (non-hydrogen) atoms. The lowest BCUT2D eigenvalue weighted by Crippen LogP contribution is -2.39. The third-order valence-corrected chi connectivity index (χ3v) is 6.69. The summed E-state index contributed by atoms with van der Waals surface area (Å²) in [5.74, 6) is 1.29. The van der Waals surface area contributed by atoms with Crippen molar-refractivity contribution in [2.75, 3.05) is 27.3 Å². The minimum atomic E-state index is 0.0253. The lowest BCUT2D eigenvalue weighted by atomic mass is 9.93. The van der Waals surface area contributed by atoms with Crippen molar-refractivity contribution in [2.24, 2.45) is 5.41 Å².